The highest BCUT2D eigenvalue weighted by atomic mass is 16.7. The van der Waals surface area contributed by atoms with E-state index in [1.165, 1.54) is 64.2 Å². The highest BCUT2D eigenvalue weighted by Gasteiger charge is 2.33. The molecule has 1 aliphatic heterocycles. The van der Waals surface area contributed by atoms with E-state index < -0.39 is 12.3 Å². The van der Waals surface area contributed by atoms with Crippen LogP contribution >= 0.6 is 0 Å². The minimum absolute atomic E-state index is 0.173. The van der Waals surface area contributed by atoms with Gasteiger partial charge in [-0.1, -0.05) is 58.3 Å². The first kappa shape index (κ1) is 20.5. The summed E-state index contributed by atoms with van der Waals surface area (Å²) in [6.45, 7) is 2.89. The molecule has 1 heterocycles. The lowest BCUT2D eigenvalue weighted by atomic mass is 9.79. The van der Waals surface area contributed by atoms with Crippen LogP contribution in [0, 0.1) is 11.8 Å². The summed E-state index contributed by atoms with van der Waals surface area (Å²) in [5.74, 6) is 1.33. The maximum Gasteiger partial charge on any atom is 0.506 e. The molecule has 1 N–H and O–H groups in total. The van der Waals surface area contributed by atoms with E-state index in [1.54, 1.807) is 0 Å². The van der Waals surface area contributed by atoms with Gasteiger partial charge in [0.2, 0.25) is 0 Å². The minimum atomic E-state index is -1.26. The molecule has 0 aromatic heterocycles. The summed E-state index contributed by atoms with van der Waals surface area (Å²) >= 11 is 0. The van der Waals surface area contributed by atoms with Crippen LogP contribution in [0.15, 0.2) is 0 Å². The normalized spacial score (nSPS) is 30.1. The molecule has 5 heteroatoms. The summed E-state index contributed by atoms with van der Waals surface area (Å²) in [5, 5.41) is 8.62. The topological polar surface area (TPSA) is 65.0 Å². The molecule has 146 valence electrons. The quantitative estimate of drug-likeness (QED) is 0.421. The van der Waals surface area contributed by atoms with Gasteiger partial charge < -0.3 is 19.3 Å². The maximum absolute atomic E-state index is 10.5. The van der Waals surface area contributed by atoms with Gasteiger partial charge in [-0.15, -0.1) is 0 Å². The maximum atomic E-state index is 10.5. The number of ether oxygens (including phenoxy) is 3. The van der Waals surface area contributed by atoms with Gasteiger partial charge in [-0.25, -0.2) is 4.79 Å². The SMILES string of the molecule is CCCCCCCCCC1CCC(C2OCC(OC(=O)O)CO2)CC1. The molecule has 0 unspecified atom stereocenters. The predicted octanol–water partition coefficient (Wildman–Crippen LogP) is 5.37. The second kappa shape index (κ2) is 11.7. The zero-order chi connectivity index (χ0) is 17.9. The summed E-state index contributed by atoms with van der Waals surface area (Å²) in [6.07, 6.45) is 14.0. The van der Waals surface area contributed by atoms with Crippen LogP contribution in [-0.4, -0.2) is 36.9 Å². The predicted molar refractivity (Wildman–Crippen MR) is 96.6 cm³/mol. The molecule has 2 fully saturated rings. The van der Waals surface area contributed by atoms with Crippen molar-refractivity contribution in [3.63, 3.8) is 0 Å². The van der Waals surface area contributed by atoms with Crippen LogP contribution in [0.2, 0.25) is 0 Å². The van der Waals surface area contributed by atoms with Crippen molar-refractivity contribution in [2.75, 3.05) is 13.2 Å². The molecule has 0 spiro atoms. The Kier molecular flexibility index (Phi) is 9.63. The van der Waals surface area contributed by atoms with Gasteiger partial charge in [0.25, 0.3) is 0 Å². The lowest BCUT2D eigenvalue weighted by Gasteiger charge is -2.37. The highest BCUT2D eigenvalue weighted by Crippen LogP contribution is 2.35. The molecule has 0 aromatic carbocycles. The largest absolute Gasteiger partial charge is 0.506 e. The van der Waals surface area contributed by atoms with Crippen molar-refractivity contribution in [3.8, 4) is 0 Å². The second-order valence-electron chi connectivity index (χ2n) is 7.73. The first-order valence-electron chi connectivity index (χ1n) is 10.3. The Balaban J connectivity index is 1.51. The fourth-order valence-electron chi connectivity index (χ4n) is 4.12. The molecule has 0 radical (unpaired) electrons. The van der Waals surface area contributed by atoms with E-state index in [-0.39, 0.29) is 6.29 Å². The van der Waals surface area contributed by atoms with E-state index in [0.29, 0.717) is 19.1 Å². The Morgan fingerprint density at radius 3 is 2.16 bits per heavy atom. The fraction of sp³-hybridized carbons (Fsp3) is 0.950. The Labute approximate surface area is 152 Å². The monoisotopic (exact) mass is 356 g/mol. The van der Waals surface area contributed by atoms with Crippen molar-refractivity contribution in [1.29, 1.82) is 0 Å². The number of unbranched alkanes of at least 4 members (excludes halogenated alkanes) is 6. The van der Waals surface area contributed by atoms with Crippen molar-refractivity contribution in [3.05, 3.63) is 0 Å². The Bertz CT molecular complexity index is 357. The molecular formula is C20H36O5. The van der Waals surface area contributed by atoms with Gasteiger partial charge in [0, 0.05) is 5.92 Å². The molecule has 25 heavy (non-hydrogen) atoms. The average Bonchev–Trinajstić information content (AvgIpc) is 2.62. The third kappa shape index (κ3) is 7.95. The molecule has 0 amide bonds. The molecule has 1 aliphatic carbocycles. The summed E-state index contributed by atoms with van der Waals surface area (Å²) in [7, 11) is 0. The van der Waals surface area contributed by atoms with E-state index in [1.807, 2.05) is 0 Å². The summed E-state index contributed by atoms with van der Waals surface area (Å²) < 4.78 is 16.1. The van der Waals surface area contributed by atoms with Crippen molar-refractivity contribution in [2.45, 2.75) is 96.4 Å². The summed E-state index contributed by atoms with van der Waals surface area (Å²) in [6, 6.07) is 0. The summed E-state index contributed by atoms with van der Waals surface area (Å²) in [5.41, 5.74) is 0. The van der Waals surface area contributed by atoms with Crippen molar-refractivity contribution >= 4 is 6.16 Å². The molecule has 5 nitrogen and oxygen atoms in total. The smallest absolute Gasteiger partial charge is 0.450 e. The van der Waals surface area contributed by atoms with Gasteiger partial charge in [-0.2, -0.15) is 0 Å². The summed E-state index contributed by atoms with van der Waals surface area (Å²) in [4.78, 5) is 10.5. The van der Waals surface area contributed by atoms with E-state index in [4.69, 9.17) is 19.3 Å². The molecule has 2 aliphatic rings. The lowest BCUT2D eigenvalue weighted by Crippen LogP contribution is -2.42. The highest BCUT2D eigenvalue weighted by molar-refractivity contribution is 5.57. The first-order valence-corrected chi connectivity index (χ1v) is 10.3. The van der Waals surface area contributed by atoms with Crippen molar-refractivity contribution in [1.82, 2.24) is 0 Å². The Morgan fingerprint density at radius 1 is 0.960 bits per heavy atom. The van der Waals surface area contributed by atoms with Crippen LogP contribution in [0.1, 0.15) is 84.0 Å². The minimum Gasteiger partial charge on any atom is -0.450 e. The van der Waals surface area contributed by atoms with Crippen molar-refractivity contribution in [2.24, 2.45) is 11.8 Å². The van der Waals surface area contributed by atoms with E-state index in [2.05, 4.69) is 6.92 Å². The van der Waals surface area contributed by atoms with Gasteiger partial charge in [0.1, 0.15) is 0 Å². The number of carbonyl (C=O) groups is 1. The van der Waals surface area contributed by atoms with Crippen LogP contribution in [-0.2, 0) is 14.2 Å². The number of hydrogen-bond acceptors (Lipinski definition) is 4. The van der Waals surface area contributed by atoms with Gasteiger partial charge >= 0.3 is 6.16 Å². The van der Waals surface area contributed by atoms with Crippen LogP contribution in [0.3, 0.4) is 0 Å². The molecule has 1 saturated heterocycles. The lowest BCUT2D eigenvalue weighted by molar-refractivity contribution is -0.243. The molecule has 1 saturated carbocycles. The fourth-order valence-corrected chi connectivity index (χ4v) is 4.12. The van der Waals surface area contributed by atoms with Gasteiger partial charge in [-0.3, -0.25) is 0 Å². The van der Waals surface area contributed by atoms with Gasteiger partial charge in [0.05, 0.1) is 13.2 Å². The van der Waals surface area contributed by atoms with Crippen LogP contribution < -0.4 is 0 Å². The number of carboxylic acid groups (broad SMARTS) is 1. The standard InChI is InChI=1S/C20H36O5/c1-2-3-4-5-6-7-8-9-16-10-12-17(13-11-16)19-23-14-18(15-24-19)25-20(21)22/h16-19H,2-15H2,1H3,(H,21,22). The third-order valence-corrected chi connectivity index (χ3v) is 5.65. The Hall–Kier alpha value is -0.810. The molecule has 0 atom stereocenters. The van der Waals surface area contributed by atoms with Crippen molar-refractivity contribution < 1.29 is 24.1 Å². The van der Waals surface area contributed by atoms with Gasteiger partial charge in [-0.05, 0) is 31.6 Å². The zero-order valence-corrected chi connectivity index (χ0v) is 15.8. The average molecular weight is 357 g/mol. The van der Waals surface area contributed by atoms with Crippen LogP contribution in [0.25, 0.3) is 0 Å². The van der Waals surface area contributed by atoms with Crippen LogP contribution in [0.4, 0.5) is 4.79 Å². The van der Waals surface area contributed by atoms with E-state index in [0.717, 1.165) is 18.8 Å². The van der Waals surface area contributed by atoms with E-state index in [9.17, 15) is 4.79 Å². The number of hydrogen-bond donors (Lipinski definition) is 1. The molecule has 2 rings (SSSR count). The third-order valence-electron chi connectivity index (χ3n) is 5.65. The second-order valence-corrected chi connectivity index (χ2v) is 7.73. The zero-order valence-electron chi connectivity index (χ0n) is 15.8. The number of rotatable bonds is 10. The van der Waals surface area contributed by atoms with E-state index >= 15 is 0 Å². The Morgan fingerprint density at radius 2 is 1.56 bits per heavy atom. The molecular weight excluding hydrogens is 320 g/mol. The first-order chi connectivity index (χ1) is 12.2. The van der Waals surface area contributed by atoms with Crippen LogP contribution in [0.5, 0.6) is 0 Å². The molecule has 0 aromatic rings. The van der Waals surface area contributed by atoms with Gasteiger partial charge in [0.15, 0.2) is 12.4 Å². The molecule has 0 bridgehead atoms.